The fourth-order valence-electron chi connectivity index (χ4n) is 2.76. The van der Waals surface area contributed by atoms with Gasteiger partial charge in [-0.15, -0.1) is 5.10 Å². The predicted octanol–water partition coefficient (Wildman–Crippen LogP) is 3.71. The number of nitrogens with one attached hydrogen (secondary N) is 1. The van der Waals surface area contributed by atoms with E-state index < -0.39 is 0 Å². The number of fused-ring (bicyclic) bond motifs is 1. The lowest BCUT2D eigenvalue weighted by molar-refractivity contribution is 0.415. The topological polar surface area (TPSA) is 79.8 Å². The van der Waals surface area contributed by atoms with Gasteiger partial charge in [0.05, 0.1) is 36.6 Å². The highest BCUT2D eigenvalue weighted by atomic mass is 35.5. The van der Waals surface area contributed by atoms with Crippen molar-refractivity contribution in [2.75, 3.05) is 19.1 Å². The Morgan fingerprint density at radius 1 is 1.11 bits per heavy atom. The Labute approximate surface area is 161 Å². The molecular weight excluding hydrogens is 364 g/mol. The standard InChI is InChI=1S/C19H17ClN6O/c1-26(11-18-22-15-8-5-13(20)9-16(15)23-18)19-24-17(10-21-25-19)12-3-6-14(27-2)7-4-12/h3-10H,11H2,1-2H3,(H,22,23). The molecule has 2 aromatic carbocycles. The molecule has 4 rings (SSSR count). The summed E-state index contributed by atoms with van der Waals surface area (Å²) in [4.78, 5) is 14.3. The van der Waals surface area contributed by atoms with Crippen molar-refractivity contribution in [3.05, 3.63) is 59.5 Å². The van der Waals surface area contributed by atoms with Crippen LogP contribution in [0, 0.1) is 0 Å². The first kappa shape index (κ1) is 17.2. The van der Waals surface area contributed by atoms with Crippen molar-refractivity contribution in [2.45, 2.75) is 6.54 Å². The van der Waals surface area contributed by atoms with Crippen LogP contribution in [0.25, 0.3) is 22.3 Å². The number of benzene rings is 2. The fourth-order valence-corrected chi connectivity index (χ4v) is 2.93. The minimum Gasteiger partial charge on any atom is -0.497 e. The van der Waals surface area contributed by atoms with Crippen molar-refractivity contribution in [3.8, 4) is 17.0 Å². The van der Waals surface area contributed by atoms with Crippen molar-refractivity contribution in [1.29, 1.82) is 0 Å². The van der Waals surface area contributed by atoms with E-state index in [1.807, 2.05) is 54.4 Å². The molecule has 0 spiro atoms. The molecule has 8 heteroatoms. The summed E-state index contributed by atoms with van der Waals surface area (Å²) < 4.78 is 5.19. The Bertz CT molecular complexity index is 1080. The fraction of sp³-hybridized carbons (Fsp3) is 0.158. The Balaban J connectivity index is 1.56. The molecule has 2 heterocycles. The lowest BCUT2D eigenvalue weighted by atomic mass is 10.1. The molecule has 0 radical (unpaired) electrons. The van der Waals surface area contributed by atoms with Gasteiger partial charge in [0.1, 0.15) is 11.6 Å². The number of rotatable bonds is 5. The SMILES string of the molecule is COc1ccc(-c2cnnc(N(C)Cc3nc4ccc(Cl)cc4[nH]3)n2)cc1. The third-order valence-corrected chi connectivity index (χ3v) is 4.39. The molecule has 0 aliphatic carbocycles. The van der Waals surface area contributed by atoms with Crippen LogP contribution in [0.15, 0.2) is 48.7 Å². The summed E-state index contributed by atoms with van der Waals surface area (Å²) in [5.74, 6) is 2.11. The highest BCUT2D eigenvalue weighted by Crippen LogP contribution is 2.22. The van der Waals surface area contributed by atoms with E-state index in [1.165, 1.54) is 0 Å². The Morgan fingerprint density at radius 2 is 1.93 bits per heavy atom. The first-order valence-corrected chi connectivity index (χ1v) is 8.69. The Kier molecular flexibility index (Phi) is 4.60. The van der Waals surface area contributed by atoms with Crippen LogP contribution in [0.3, 0.4) is 0 Å². The quantitative estimate of drug-likeness (QED) is 0.568. The van der Waals surface area contributed by atoms with Crippen molar-refractivity contribution in [1.82, 2.24) is 25.1 Å². The van der Waals surface area contributed by atoms with E-state index in [0.717, 1.165) is 33.9 Å². The molecule has 0 saturated carbocycles. The second-order valence-corrected chi connectivity index (χ2v) is 6.51. The van der Waals surface area contributed by atoms with E-state index >= 15 is 0 Å². The van der Waals surface area contributed by atoms with Crippen molar-refractivity contribution >= 4 is 28.6 Å². The maximum atomic E-state index is 6.03. The zero-order valence-electron chi connectivity index (χ0n) is 14.8. The number of H-pyrrole nitrogens is 1. The molecule has 27 heavy (non-hydrogen) atoms. The monoisotopic (exact) mass is 380 g/mol. The van der Waals surface area contributed by atoms with Crippen LogP contribution in [0.5, 0.6) is 5.75 Å². The number of imidazole rings is 1. The van der Waals surface area contributed by atoms with Crippen LogP contribution in [0.2, 0.25) is 5.02 Å². The molecule has 0 amide bonds. The summed E-state index contributed by atoms with van der Waals surface area (Å²) >= 11 is 6.03. The average molecular weight is 381 g/mol. The van der Waals surface area contributed by atoms with E-state index in [1.54, 1.807) is 13.3 Å². The van der Waals surface area contributed by atoms with E-state index in [9.17, 15) is 0 Å². The van der Waals surface area contributed by atoms with Crippen molar-refractivity contribution < 1.29 is 4.74 Å². The number of aromatic amines is 1. The number of nitrogens with zero attached hydrogens (tertiary/aromatic N) is 5. The molecule has 0 bridgehead atoms. The van der Waals surface area contributed by atoms with Gasteiger partial charge in [0.25, 0.3) is 0 Å². The second kappa shape index (κ2) is 7.20. The first-order chi connectivity index (χ1) is 13.1. The zero-order valence-corrected chi connectivity index (χ0v) is 15.6. The van der Waals surface area contributed by atoms with E-state index in [4.69, 9.17) is 16.3 Å². The molecule has 2 aromatic heterocycles. The van der Waals surface area contributed by atoms with Gasteiger partial charge in [0, 0.05) is 17.6 Å². The van der Waals surface area contributed by atoms with Gasteiger partial charge >= 0.3 is 0 Å². The number of anilines is 1. The number of methoxy groups -OCH3 is 1. The largest absolute Gasteiger partial charge is 0.497 e. The third kappa shape index (κ3) is 3.68. The van der Waals surface area contributed by atoms with E-state index in [0.29, 0.717) is 17.5 Å². The molecule has 0 unspecified atom stereocenters. The van der Waals surface area contributed by atoms with Gasteiger partial charge in [0.2, 0.25) is 5.95 Å². The molecule has 0 aliphatic rings. The van der Waals surface area contributed by atoms with Gasteiger partial charge in [-0.25, -0.2) is 9.97 Å². The summed E-state index contributed by atoms with van der Waals surface area (Å²) in [7, 11) is 3.54. The van der Waals surface area contributed by atoms with Gasteiger partial charge in [-0.3, -0.25) is 0 Å². The molecule has 4 aromatic rings. The van der Waals surface area contributed by atoms with Crippen LogP contribution in [0.1, 0.15) is 5.82 Å². The van der Waals surface area contributed by atoms with Gasteiger partial charge in [-0.1, -0.05) is 11.6 Å². The van der Waals surface area contributed by atoms with Gasteiger partial charge in [0.15, 0.2) is 0 Å². The maximum Gasteiger partial charge on any atom is 0.246 e. The van der Waals surface area contributed by atoms with E-state index in [-0.39, 0.29) is 0 Å². The zero-order chi connectivity index (χ0) is 18.8. The molecule has 0 atom stereocenters. The van der Waals surface area contributed by atoms with Crippen molar-refractivity contribution in [2.24, 2.45) is 0 Å². The molecule has 1 N–H and O–H groups in total. The van der Waals surface area contributed by atoms with Gasteiger partial charge in [-0.2, -0.15) is 5.10 Å². The average Bonchev–Trinajstić information content (AvgIpc) is 3.09. The van der Waals surface area contributed by atoms with Crippen LogP contribution in [-0.4, -0.2) is 39.3 Å². The molecular formula is C19H17ClN6O. The van der Waals surface area contributed by atoms with Crippen LogP contribution < -0.4 is 9.64 Å². The smallest absolute Gasteiger partial charge is 0.246 e. The van der Waals surface area contributed by atoms with Crippen LogP contribution in [-0.2, 0) is 6.54 Å². The summed E-state index contributed by atoms with van der Waals surface area (Å²) in [6.07, 6.45) is 1.64. The van der Waals surface area contributed by atoms with Gasteiger partial charge in [-0.05, 0) is 42.5 Å². The number of hydrogen-bond donors (Lipinski definition) is 1. The summed E-state index contributed by atoms with van der Waals surface area (Å²) in [6, 6.07) is 13.2. The predicted molar refractivity (Wildman–Crippen MR) is 105 cm³/mol. The molecule has 136 valence electrons. The van der Waals surface area contributed by atoms with Crippen molar-refractivity contribution in [3.63, 3.8) is 0 Å². The lowest BCUT2D eigenvalue weighted by Gasteiger charge is -2.15. The highest BCUT2D eigenvalue weighted by molar-refractivity contribution is 6.31. The number of halogens is 1. The van der Waals surface area contributed by atoms with E-state index in [2.05, 4.69) is 25.1 Å². The lowest BCUT2D eigenvalue weighted by Crippen LogP contribution is -2.20. The number of hydrogen-bond acceptors (Lipinski definition) is 6. The molecule has 7 nitrogen and oxygen atoms in total. The summed E-state index contributed by atoms with van der Waals surface area (Å²) in [5.41, 5.74) is 3.45. The first-order valence-electron chi connectivity index (χ1n) is 8.32. The third-order valence-electron chi connectivity index (χ3n) is 4.15. The highest BCUT2D eigenvalue weighted by Gasteiger charge is 2.11. The second-order valence-electron chi connectivity index (χ2n) is 6.07. The summed E-state index contributed by atoms with van der Waals surface area (Å²) in [6.45, 7) is 0.514. The molecule has 0 aliphatic heterocycles. The Hall–Kier alpha value is -3.19. The minimum absolute atomic E-state index is 0.514. The number of ether oxygens (including phenoxy) is 1. The molecule has 0 fully saturated rings. The maximum absolute atomic E-state index is 6.03. The minimum atomic E-state index is 0.514. The Morgan fingerprint density at radius 3 is 2.70 bits per heavy atom. The van der Waals surface area contributed by atoms with Gasteiger partial charge < -0.3 is 14.6 Å². The number of aromatic nitrogens is 5. The van der Waals surface area contributed by atoms with Crippen LogP contribution in [0.4, 0.5) is 5.95 Å². The van der Waals surface area contributed by atoms with Crippen LogP contribution >= 0.6 is 11.6 Å². The normalized spacial score (nSPS) is 10.9. The molecule has 0 saturated heterocycles. The summed E-state index contributed by atoms with van der Waals surface area (Å²) in [5, 5.41) is 8.90.